The second kappa shape index (κ2) is 7.22. The highest BCUT2D eigenvalue weighted by Gasteiger charge is 2.14. The highest BCUT2D eigenvalue weighted by Crippen LogP contribution is 2.14. The minimum absolute atomic E-state index is 0.220. The monoisotopic (exact) mass is 277 g/mol. The van der Waals surface area contributed by atoms with Gasteiger partial charge in [-0.05, 0) is 24.6 Å². The number of furan rings is 1. The predicted octanol–water partition coefficient (Wildman–Crippen LogP) is 3.19. The molecule has 0 saturated carbocycles. The average Bonchev–Trinajstić information content (AvgIpc) is 2.94. The zero-order valence-electron chi connectivity index (χ0n) is 11.6. The standard InChI is InChI=1S/C16H20FNO2/c1-2-14(19)11-18(12-15-7-5-9-20-15)10-13-6-3-4-8-16(13)17/h3-9,14,19H,2,10-12H2,1H3. The van der Waals surface area contributed by atoms with Gasteiger partial charge in [-0.25, -0.2) is 4.39 Å². The zero-order chi connectivity index (χ0) is 14.4. The van der Waals surface area contributed by atoms with Gasteiger partial charge < -0.3 is 9.52 Å². The Hall–Kier alpha value is -1.65. The van der Waals surface area contributed by atoms with E-state index in [4.69, 9.17) is 4.42 Å². The molecule has 1 atom stereocenters. The number of rotatable bonds is 7. The SMILES string of the molecule is CCC(O)CN(Cc1ccco1)Cc1ccccc1F. The first kappa shape index (κ1) is 14.8. The van der Waals surface area contributed by atoms with Crippen LogP contribution in [0.2, 0.25) is 0 Å². The van der Waals surface area contributed by atoms with Crippen molar-refractivity contribution in [3.05, 3.63) is 59.8 Å². The van der Waals surface area contributed by atoms with Gasteiger partial charge >= 0.3 is 0 Å². The van der Waals surface area contributed by atoms with Crippen LogP contribution < -0.4 is 0 Å². The predicted molar refractivity (Wildman–Crippen MR) is 75.5 cm³/mol. The zero-order valence-corrected chi connectivity index (χ0v) is 11.6. The Labute approximate surface area is 118 Å². The first-order valence-corrected chi connectivity index (χ1v) is 6.85. The van der Waals surface area contributed by atoms with Crippen molar-refractivity contribution < 1.29 is 13.9 Å². The van der Waals surface area contributed by atoms with Gasteiger partial charge in [-0.1, -0.05) is 25.1 Å². The van der Waals surface area contributed by atoms with E-state index < -0.39 is 6.10 Å². The van der Waals surface area contributed by atoms with E-state index in [1.165, 1.54) is 6.07 Å². The van der Waals surface area contributed by atoms with Crippen LogP contribution in [0, 0.1) is 5.82 Å². The Morgan fingerprint density at radius 1 is 1.20 bits per heavy atom. The molecule has 1 unspecified atom stereocenters. The molecule has 0 amide bonds. The summed E-state index contributed by atoms with van der Waals surface area (Å²) in [4.78, 5) is 1.99. The van der Waals surface area contributed by atoms with Crippen molar-refractivity contribution >= 4 is 0 Å². The topological polar surface area (TPSA) is 36.6 Å². The number of aliphatic hydroxyl groups is 1. The number of hydrogen-bond donors (Lipinski definition) is 1. The fourth-order valence-electron chi connectivity index (χ4n) is 2.10. The smallest absolute Gasteiger partial charge is 0.127 e. The van der Waals surface area contributed by atoms with E-state index in [-0.39, 0.29) is 5.82 Å². The van der Waals surface area contributed by atoms with E-state index in [1.54, 1.807) is 18.4 Å². The van der Waals surface area contributed by atoms with Crippen LogP contribution in [0.3, 0.4) is 0 Å². The van der Waals surface area contributed by atoms with E-state index in [2.05, 4.69) is 0 Å². The Kier molecular flexibility index (Phi) is 5.32. The molecule has 0 aliphatic rings. The van der Waals surface area contributed by atoms with Gasteiger partial charge in [-0.3, -0.25) is 4.90 Å². The Balaban J connectivity index is 2.07. The van der Waals surface area contributed by atoms with Crippen molar-refractivity contribution in [2.45, 2.75) is 32.5 Å². The number of hydrogen-bond acceptors (Lipinski definition) is 3. The summed E-state index contributed by atoms with van der Waals surface area (Å²) >= 11 is 0. The van der Waals surface area contributed by atoms with Crippen molar-refractivity contribution in [1.82, 2.24) is 4.90 Å². The molecule has 1 aromatic heterocycles. The third-order valence-electron chi connectivity index (χ3n) is 3.25. The second-order valence-electron chi connectivity index (χ2n) is 4.90. The van der Waals surface area contributed by atoms with Crippen molar-refractivity contribution in [2.24, 2.45) is 0 Å². The Morgan fingerprint density at radius 3 is 2.65 bits per heavy atom. The number of aliphatic hydroxyl groups excluding tert-OH is 1. The third kappa shape index (κ3) is 4.18. The molecule has 0 fully saturated rings. The quantitative estimate of drug-likeness (QED) is 0.844. The van der Waals surface area contributed by atoms with Gasteiger partial charge in [-0.15, -0.1) is 0 Å². The van der Waals surface area contributed by atoms with Gasteiger partial charge in [0.25, 0.3) is 0 Å². The van der Waals surface area contributed by atoms with Crippen molar-refractivity contribution in [3.8, 4) is 0 Å². The van der Waals surface area contributed by atoms with Gasteiger partial charge in [0.15, 0.2) is 0 Å². The maximum absolute atomic E-state index is 13.7. The van der Waals surface area contributed by atoms with Crippen LogP contribution in [0.15, 0.2) is 47.1 Å². The lowest BCUT2D eigenvalue weighted by molar-refractivity contribution is 0.0967. The molecule has 0 saturated heterocycles. The van der Waals surface area contributed by atoms with Crippen molar-refractivity contribution in [1.29, 1.82) is 0 Å². The maximum Gasteiger partial charge on any atom is 0.127 e. The molecule has 2 rings (SSSR count). The average molecular weight is 277 g/mol. The molecular formula is C16H20FNO2. The summed E-state index contributed by atoms with van der Waals surface area (Å²) < 4.78 is 19.1. The molecule has 0 spiro atoms. The second-order valence-corrected chi connectivity index (χ2v) is 4.90. The van der Waals surface area contributed by atoms with Crippen LogP contribution in [-0.2, 0) is 13.1 Å². The summed E-state index contributed by atoms with van der Waals surface area (Å²) in [7, 11) is 0. The van der Waals surface area contributed by atoms with E-state index in [9.17, 15) is 9.50 Å². The molecule has 0 bridgehead atoms. The van der Waals surface area contributed by atoms with E-state index in [0.29, 0.717) is 31.6 Å². The highest BCUT2D eigenvalue weighted by molar-refractivity contribution is 5.17. The molecule has 1 aromatic carbocycles. The van der Waals surface area contributed by atoms with Crippen LogP contribution in [-0.4, -0.2) is 22.7 Å². The summed E-state index contributed by atoms with van der Waals surface area (Å²) in [5.41, 5.74) is 0.627. The molecule has 20 heavy (non-hydrogen) atoms. The molecule has 0 aliphatic heterocycles. The first-order valence-electron chi connectivity index (χ1n) is 6.85. The lowest BCUT2D eigenvalue weighted by Crippen LogP contribution is -2.31. The molecule has 2 aromatic rings. The Bertz CT molecular complexity index is 513. The molecule has 108 valence electrons. The summed E-state index contributed by atoms with van der Waals surface area (Å²) in [6.45, 7) is 3.42. The molecule has 1 N–H and O–H groups in total. The Morgan fingerprint density at radius 2 is 2.00 bits per heavy atom. The third-order valence-corrected chi connectivity index (χ3v) is 3.25. The van der Waals surface area contributed by atoms with Crippen LogP contribution in [0.4, 0.5) is 4.39 Å². The normalized spacial score (nSPS) is 12.8. The van der Waals surface area contributed by atoms with Gasteiger partial charge in [0.1, 0.15) is 11.6 Å². The van der Waals surface area contributed by atoms with Crippen molar-refractivity contribution in [2.75, 3.05) is 6.54 Å². The summed E-state index contributed by atoms with van der Waals surface area (Å²) in [5.74, 6) is 0.590. The summed E-state index contributed by atoms with van der Waals surface area (Å²) in [6, 6.07) is 10.4. The van der Waals surface area contributed by atoms with E-state index >= 15 is 0 Å². The number of halogens is 1. The maximum atomic E-state index is 13.7. The molecule has 0 radical (unpaired) electrons. The highest BCUT2D eigenvalue weighted by atomic mass is 19.1. The fraction of sp³-hybridized carbons (Fsp3) is 0.375. The number of nitrogens with zero attached hydrogens (tertiary/aromatic N) is 1. The lowest BCUT2D eigenvalue weighted by Gasteiger charge is -2.24. The van der Waals surface area contributed by atoms with Gasteiger partial charge in [0.2, 0.25) is 0 Å². The molecule has 4 heteroatoms. The van der Waals surface area contributed by atoms with E-state index in [1.807, 2.05) is 30.0 Å². The van der Waals surface area contributed by atoms with Crippen LogP contribution in [0.1, 0.15) is 24.7 Å². The lowest BCUT2D eigenvalue weighted by atomic mass is 10.1. The molecule has 3 nitrogen and oxygen atoms in total. The molecule has 0 aliphatic carbocycles. The van der Waals surface area contributed by atoms with Gasteiger partial charge in [0.05, 0.1) is 18.9 Å². The van der Waals surface area contributed by atoms with Crippen LogP contribution in [0.25, 0.3) is 0 Å². The fourth-order valence-corrected chi connectivity index (χ4v) is 2.10. The minimum Gasteiger partial charge on any atom is -0.468 e. The molecule has 1 heterocycles. The number of benzene rings is 1. The van der Waals surface area contributed by atoms with Gasteiger partial charge in [0, 0.05) is 18.7 Å². The largest absolute Gasteiger partial charge is 0.468 e. The summed E-state index contributed by atoms with van der Waals surface area (Å²) in [5, 5.41) is 9.84. The van der Waals surface area contributed by atoms with Crippen LogP contribution in [0.5, 0.6) is 0 Å². The molecular weight excluding hydrogens is 257 g/mol. The van der Waals surface area contributed by atoms with E-state index in [0.717, 1.165) is 5.76 Å². The summed E-state index contributed by atoms with van der Waals surface area (Å²) in [6.07, 6.45) is 1.87. The first-order chi connectivity index (χ1) is 9.69. The van der Waals surface area contributed by atoms with Crippen molar-refractivity contribution in [3.63, 3.8) is 0 Å². The minimum atomic E-state index is -0.420. The van der Waals surface area contributed by atoms with Crippen LogP contribution >= 0.6 is 0 Å². The van der Waals surface area contributed by atoms with Gasteiger partial charge in [-0.2, -0.15) is 0 Å².